The Morgan fingerprint density at radius 2 is 1.64 bits per heavy atom. The number of unbranched alkanes of at least 4 members (excludes halogenated alkanes) is 3. The van der Waals surface area contributed by atoms with Crippen LogP contribution in [0.15, 0.2) is 0 Å². The Morgan fingerprint density at radius 1 is 1.07 bits per heavy atom. The summed E-state index contributed by atoms with van der Waals surface area (Å²) in [6.45, 7) is 7.34. The zero-order valence-electron chi connectivity index (χ0n) is 9.67. The zero-order valence-corrected chi connectivity index (χ0v) is 10.5. The van der Waals surface area contributed by atoms with Crippen molar-refractivity contribution in [3.8, 4) is 0 Å². The molecular formula is C10H22O3S. The summed E-state index contributed by atoms with van der Waals surface area (Å²) in [6.07, 6.45) is 3.86. The first kappa shape index (κ1) is 13.9. The molecular weight excluding hydrogens is 200 g/mol. The quantitative estimate of drug-likeness (QED) is 0.512. The van der Waals surface area contributed by atoms with Gasteiger partial charge in [0, 0.05) is 0 Å². The lowest BCUT2D eigenvalue weighted by Gasteiger charge is -2.18. The minimum absolute atomic E-state index is 0.143. The van der Waals surface area contributed by atoms with E-state index >= 15 is 0 Å². The van der Waals surface area contributed by atoms with Gasteiger partial charge in [0.2, 0.25) is 0 Å². The van der Waals surface area contributed by atoms with Crippen LogP contribution in [0.2, 0.25) is 0 Å². The van der Waals surface area contributed by atoms with E-state index in [-0.39, 0.29) is 5.75 Å². The fourth-order valence-corrected chi connectivity index (χ4v) is 2.53. The third-order valence-electron chi connectivity index (χ3n) is 1.62. The van der Waals surface area contributed by atoms with Crippen LogP contribution < -0.4 is 0 Å². The van der Waals surface area contributed by atoms with E-state index in [1.165, 1.54) is 0 Å². The molecule has 0 fully saturated rings. The highest BCUT2D eigenvalue weighted by molar-refractivity contribution is 7.86. The Hall–Kier alpha value is -0.0900. The molecule has 0 rings (SSSR count). The second-order valence-electron chi connectivity index (χ2n) is 4.52. The van der Waals surface area contributed by atoms with Gasteiger partial charge in [0.1, 0.15) is 0 Å². The molecule has 0 aromatic heterocycles. The summed E-state index contributed by atoms with van der Waals surface area (Å²) in [5.41, 5.74) is -0.608. The summed E-state index contributed by atoms with van der Waals surface area (Å²) in [7, 11) is -3.32. The third-order valence-corrected chi connectivity index (χ3v) is 3.17. The van der Waals surface area contributed by atoms with Crippen LogP contribution in [0.5, 0.6) is 0 Å². The molecule has 86 valence electrons. The molecule has 0 saturated carbocycles. The molecule has 0 heterocycles. The van der Waals surface area contributed by atoms with E-state index in [4.69, 9.17) is 4.18 Å². The van der Waals surface area contributed by atoms with Gasteiger partial charge in [0.05, 0.1) is 11.4 Å². The van der Waals surface area contributed by atoms with Crippen molar-refractivity contribution in [3.05, 3.63) is 0 Å². The van der Waals surface area contributed by atoms with Crippen LogP contribution in [-0.4, -0.2) is 19.8 Å². The van der Waals surface area contributed by atoms with Crippen molar-refractivity contribution in [1.82, 2.24) is 0 Å². The highest BCUT2D eigenvalue weighted by Gasteiger charge is 2.20. The van der Waals surface area contributed by atoms with E-state index in [1.54, 1.807) is 20.8 Å². The van der Waals surface area contributed by atoms with Gasteiger partial charge in [-0.25, -0.2) is 0 Å². The van der Waals surface area contributed by atoms with Gasteiger partial charge in [0.15, 0.2) is 0 Å². The summed E-state index contributed by atoms with van der Waals surface area (Å²) >= 11 is 0. The standard InChI is InChI=1S/C10H22O3S/c1-5-6-7-8-9-14(11,12)13-10(2,3)4/h5-9H2,1-4H3. The van der Waals surface area contributed by atoms with E-state index < -0.39 is 15.7 Å². The van der Waals surface area contributed by atoms with Crippen LogP contribution in [0.3, 0.4) is 0 Å². The molecule has 14 heavy (non-hydrogen) atoms. The van der Waals surface area contributed by atoms with Gasteiger partial charge < -0.3 is 0 Å². The smallest absolute Gasteiger partial charge is 0.264 e. The molecule has 0 aromatic carbocycles. The first-order valence-electron chi connectivity index (χ1n) is 5.20. The van der Waals surface area contributed by atoms with E-state index in [0.29, 0.717) is 6.42 Å². The van der Waals surface area contributed by atoms with Crippen LogP contribution in [0, 0.1) is 0 Å². The van der Waals surface area contributed by atoms with Gasteiger partial charge in [0.25, 0.3) is 10.1 Å². The highest BCUT2D eigenvalue weighted by Crippen LogP contribution is 2.13. The highest BCUT2D eigenvalue weighted by atomic mass is 32.2. The molecule has 0 unspecified atom stereocenters. The summed E-state index contributed by atoms with van der Waals surface area (Å²) in [5, 5.41) is 0. The molecule has 0 aliphatic carbocycles. The Kier molecular flexibility index (Phi) is 5.67. The maximum atomic E-state index is 11.4. The molecule has 0 atom stereocenters. The SMILES string of the molecule is CCCCCCS(=O)(=O)OC(C)(C)C. The van der Waals surface area contributed by atoms with E-state index in [9.17, 15) is 8.42 Å². The number of rotatable bonds is 6. The van der Waals surface area contributed by atoms with Crippen molar-refractivity contribution in [2.24, 2.45) is 0 Å². The van der Waals surface area contributed by atoms with Gasteiger partial charge >= 0.3 is 0 Å². The fourth-order valence-electron chi connectivity index (χ4n) is 1.13. The lowest BCUT2D eigenvalue weighted by Crippen LogP contribution is -2.25. The van der Waals surface area contributed by atoms with Crippen LogP contribution in [0.1, 0.15) is 53.4 Å². The van der Waals surface area contributed by atoms with Crippen molar-refractivity contribution in [1.29, 1.82) is 0 Å². The Bertz CT molecular complexity index is 237. The van der Waals surface area contributed by atoms with E-state index in [1.807, 2.05) is 0 Å². The summed E-state index contributed by atoms with van der Waals surface area (Å²) in [5.74, 6) is 0.143. The van der Waals surface area contributed by atoms with Crippen LogP contribution in [0.25, 0.3) is 0 Å². The molecule has 4 heteroatoms. The first-order chi connectivity index (χ1) is 6.27. The van der Waals surface area contributed by atoms with Crippen molar-refractivity contribution < 1.29 is 12.6 Å². The third kappa shape index (κ3) is 8.51. The average Bonchev–Trinajstić information content (AvgIpc) is 1.93. The molecule has 0 bridgehead atoms. The monoisotopic (exact) mass is 222 g/mol. The summed E-state index contributed by atoms with van der Waals surface area (Å²) in [6, 6.07) is 0. The lowest BCUT2D eigenvalue weighted by molar-refractivity contribution is 0.139. The first-order valence-corrected chi connectivity index (χ1v) is 6.78. The normalized spacial score (nSPS) is 13.1. The van der Waals surface area contributed by atoms with Gasteiger partial charge in [-0.2, -0.15) is 8.42 Å². The number of hydrogen-bond acceptors (Lipinski definition) is 3. The second kappa shape index (κ2) is 5.71. The molecule has 0 aliphatic rings. The van der Waals surface area contributed by atoms with Crippen molar-refractivity contribution >= 4 is 10.1 Å². The molecule has 0 amide bonds. The summed E-state index contributed by atoms with van der Waals surface area (Å²) in [4.78, 5) is 0. The van der Waals surface area contributed by atoms with Crippen molar-refractivity contribution in [2.75, 3.05) is 5.75 Å². The topological polar surface area (TPSA) is 43.4 Å². The van der Waals surface area contributed by atoms with Gasteiger partial charge in [-0.3, -0.25) is 4.18 Å². The lowest BCUT2D eigenvalue weighted by atomic mass is 10.2. The van der Waals surface area contributed by atoms with Crippen LogP contribution in [0.4, 0.5) is 0 Å². The molecule has 0 radical (unpaired) electrons. The molecule has 3 nitrogen and oxygen atoms in total. The maximum Gasteiger partial charge on any atom is 0.267 e. The maximum absolute atomic E-state index is 11.4. The van der Waals surface area contributed by atoms with Gasteiger partial charge in [-0.15, -0.1) is 0 Å². The Balaban J connectivity index is 3.86. The van der Waals surface area contributed by atoms with Gasteiger partial charge in [-0.05, 0) is 27.2 Å². The largest absolute Gasteiger partial charge is 0.267 e. The molecule has 0 aliphatic heterocycles. The van der Waals surface area contributed by atoms with E-state index in [0.717, 1.165) is 19.3 Å². The Morgan fingerprint density at radius 3 is 2.07 bits per heavy atom. The minimum Gasteiger partial charge on any atom is -0.264 e. The number of hydrogen-bond donors (Lipinski definition) is 0. The fraction of sp³-hybridized carbons (Fsp3) is 1.00. The second-order valence-corrected chi connectivity index (χ2v) is 6.21. The molecule has 0 N–H and O–H groups in total. The molecule has 0 spiro atoms. The zero-order chi connectivity index (χ0) is 11.2. The van der Waals surface area contributed by atoms with Crippen molar-refractivity contribution in [2.45, 2.75) is 59.0 Å². The predicted molar refractivity (Wildman–Crippen MR) is 58.8 cm³/mol. The minimum atomic E-state index is -3.32. The van der Waals surface area contributed by atoms with Crippen molar-refractivity contribution in [3.63, 3.8) is 0 Å². The Labute approximate surface area is 88.0 Å². The van der Waals surface area contributed by atoms with Crippen LogP contribution in [-0.2, 0) is 14.3 Å². The molecule has 0 saturated heterocycles. The average molecular weight is 222 g/mol. The van der Waals surface area contributed by atoms with E-state index in [2.05, 4.69) is 6.92 Å². The molecule has 0 aromatic rings. The predicted octanol–water partition coefficient (Wildman–Crippen LogP) is 2.71. The van der Waals surface area contributed by atoms with Gasteiger partial charge in [-0.1, -0.05) is 26.2 Å². The van der Waals surface area contributed by atoms with Crippen LogP contribution >= 0.6 is 0 Å². The summed E-state index contributed by atoms with van der Waals surface area (Å²) < 4.78 is 27.8.